The van der Waals surface area contributed by atoms with Gasteiger partial charge in [-0.15, -0.1) is 0 Å². The van der Waals surface area contributed by atoms with Crippen LogP contribution in [0.2, 0.25) is 0 Å². The van der Waals surface area contributed by atoms with Crippen molar-refractivity contribution in [3.8, 4) is 0 Å². The minimum atomic E-state index is -0.0558. The number of ether oxygens (including phenoxy) is 2. The van der Waals surface area contributed by atoms with Crippen molar-refractivity contribution in [2.45, 2.75) is 46.3 Å². The summed E-state index contributed by atoms with van der Waals surface area (Å²) >= 11 is 0. The molecule has 1 aromatic rings. The highest BCUT2D eigenvalue weighted by molar-refractivity contribution is 5.94. The number of hydrogen-bond acceptors (Lipinski definition) is 5. The van der Waals surface area contributed by atoms with Crippen LogP contribution in [-0.4, -0.2) is 65.9 Å². The van der Waals surface area contributed by atoms with E-state index in [1.165, 1.54) is 0 Å². The minimum Gasteiger partial charge on any atom is -0.378 e. The lowest BCUT2D eigenvalue weighted by Crippen LogP contribution is -2.41. The fraction of sp³-hybridized carbons (Fsp3) is 0.737. The van der Waals surface area contributed by atoms with Crippen molar-refractivity contribution in [1.82, 2.24) is 20.0 Å². The van der Waals surface area contributed by atoms with Crippen LogP contribution in [0, 0.1) is 5.92 Å². The Labute approximate surface area is 160 Å². The standard InChI is InChI=1S/C19H30N4O4/c1-14(2)3-4-17(24)20-6-7-23-16-5-10-27-13-15(16)18(21-23)19(25)22-8-11-26-12-9-22/h14H,3-13H2,1-2H3,(H,20,24). The Morgan fingerprint density at radius 1 is 1.19 bits per heavy atom. The van der Waals surface area contributed by atoms with E-state index in [1.54, 1.807) is 4.90 Å². The third-order valence-corrected chi connectivity index (χ3v) is 4.99. The van der Waals surface area contributed by atoms with E-state index in [1.807, 2.05) is 4.68 Å². The molecule has 2 aliphatic rings. The second kappa shape index (κ2) is 9.32. The molecule has 3 heterocycles. The number of fused-ring (bicyclic) bond motifs is 1. The summed E-state index contributed by atoms with van der Waals surface area (Å²) in [7, 11) is 0. The maximum atomic E-state index is 12.9. The highest BCUT2D eigenvalue weighted by Crippen LogP contribution is 2.22. The maximum absolute atomic E-state index is 12.9. The van der Waals surface area contributed by atoms with Crippen molar-refractivity contribution < 1.29 is 19.1 Å². The smallest absolute Gasteiger partial charge is 0.274 e. The molecule has 0 aliphatic carbocycles. The van der Waals surface area contributed by atoms with E-state index in [0.717, 1.165) is 24.1 Å². The first-order valence-corrected chi connectivity index (χ1v) is 9.86. The number of morpholine rings is 1. The molecule has 1 N–H and O–H groups in total. The molecule has 0 unspecified atom stereocenters. The highest BCUT2D eigenvalue weighted by atomic mass is 16.5. The number of carbonyl (C=O) groups is 2. The van der Waals surface area contributed by atoms with Crippen LogP contribution in [0.3, 0.4) is 0 Å². The first-order valence-electron chi connectivity index (χ1n) is 9.86. The van der Waals surface area contributed by atoms with Gasteiger partial charge in [-0.2, -0.15) is 5.10 Å². The van der Waals surface area contributed by atoms with E-state index in [-0.39, 0.29) is 11.8 Å². The van der Waals surface area contributed by atoms with Crippen molar-refractivity contribution in [2.75, 3.05) is 39.5 Å². The number of nitrogens with zero attached hydrogens (tertiary/aromatic N) is 3. The molecule has 27 heavy (non-hydrogen) atoms. The van der Waals surface area contributed by atoms with Gasteiger partial charge in [0.15, 0.2) is 5.69 Å². The van der Waals surface area contributed by atoms with Crippen LogP contribution in [0.4, 0.5) is 0 Å². The van der Waals surface area contributed by atoms with Gasteiger partial charge in [-0.1, -0.05) is 13.8 Å². The highest BCUT2D eigenvalue weighted by Gasteiger charge is 2.29. The zero-order valence-corrected chi connectivity index (χ0v) is 16.3. The number of nitrogens with one attached hydrogen (secondary N) is 1. The zero-order chi connectivity index (χ0) is 19.2. The maximum Gasteiger partial charge on any atom is 0.274 e. The molecule has 0 bridgehead atoms. The fourth-order valence-corrected chi connectivity index (χ4v) is 3.39. The number of carbonyl (C=O) groups excluding carboxylic acids is 2. The molecule has 150 valence electrons. The number of hydrogen-bond donors (Lipinski definition) is 1. The second-order valence-electron chi connectivity index (χ2n) is 7.49. The number of aromatic nitrogens is 2. The second-order valence-corrected chi connectivity index (χ2v) is 7.49. The fourth-order valence-electron chi connectivity index (χ4n) is 3.39. The molecule has 3 rings (SSSR count). The Morgan fingerprint density at radius 3 is 2.70 bits per heavy atom. The van der Waals surface area contributed by atoms with Crippen LogP contribution in [0.25, 0.3) is 0 Å². The van der Waals surface area contributed by atoms with E-state index in [2.05, 4.69) is 24.3 Å². The van der Waals surface area contributed by atoms with Gasteiger partial charge in [-0.3, -0.25) is 14.3 Å². The van der Waals surface area contributed by atoms with E-state index in [4.69, 9.17) is 9.47 Å². The molecule has 0 spiro atoms. The van der Waals surface area contributed by atoms with Crippen molar-refractivity contribution in [3.05, 3.63) is 17.0 Å². The van der Waals surface area contributed by atoms with Crippen LogP contribution in [0.1, 0.15) is 48.4 Å². The van der Waals surface area contributed by atoms with Crippen molar-refractivity contribution >= 4 is 11.8 Å². The summed E-state index contributed by atoms with van der Waals surface area (Å²) in [5, 5.41) is 7.54. The van der Waals surface area contributed by atoms with Gasteiger partial charge in [-0.25, -0.2) is 0 Å². The van der Waals surface area contributed by atoms with Crippen LogP contribution < -0.4 is 5.32 Å². The van der Waals surface area contributed by atoms with E-state index in [9.17, 15) is 9.59 Å². The zero-order valence-electron chi connectivity index (χ0n) is 16.3. The molecule has 2 aliphatic heterocycles. The molecule has 1 saturated heterocycles. The van der Waals surface area contributed by atoms with Gasteiger partial charge >= 0.3 is 0 Å². The Bertz CT molecular complexity index is 665. The molecule has 0 radical (unpaired) electrons. The Morgan fingerprint density at radius 2 is 1.96 bits per heavy atom. The topological polar surface area (TPSA) is 85.7 Å². The molecule has 8 heteroatoms. The van der Waals surface area contributed by atoms with Gasteiger partial charge in [0.25, 0.3) is 5.91 Å². The normalized spacial score (nSPS) is 17.1. The lowest BCUT2D eigenvalue weighted by molar-refractivity contribution is -0.121. The van der Waals surface area contributed by atoms with E-state index >= 15 is 0 Å². The van der Waals surface area contributed by atoms with Crippen molar-refractivity contribution in [3.63, 3.8) is 0 Å². The monoisotopic (exact) mass is 378 g/mol. The average molecular weight is 378 g/mol. The van der Waals surface area contributed by atoms with Crippen molar-refractivity contribution in [1.29, 1.82) is 0 Å². The molecule has 1 aromatic heterocycles. The van der Waals surface area contributed by atoms with Gasteiger partial charge < -0.3 is 19.7 Å². The van der Waals surface area contributed by atoms with Gasteiger partial charge in [0.2, 0.25) is 5.91 Å². The molecular formula is C19H30N4O4. The molecule has 0 atom stereocenters. The number of amides is 2. The molecule has 8 nitrogen and oxygen atoms in total. The summed E-state index contributed by atoms with van der Waals surface area (Å²) in [6.45, 7) is 8.65. The van der Waals surface area contributed by atoms with Crippen LogP contribution in [-0.2, 0) is 33.8 Å². The summed E-state index contributed by atoms with van der Waals surface area (Å²) in [4.78, 5) is 26.6. The SMILES string of the molecule is CC(C)CCC(=O)NCCn1nc(C(=O)N2CCOCC2)c2c1CCOC2. The molecule has 1 fully saturated rings. The first kappa shape index (κ1) is 19.8. The first-order chi connectivity index (χ1) is 13.1. The molecular weight excluding hydrogens is 348 g/mol. The lowest BCUT2D eigenvalue weighted by Gasteiger charge is -2.26. The summed E-state index contributed by atoms with van der Waals surface area (Å²) < 4.78 is 12.8. The summed E-state index contributed by atoms with van der Waals surface area (Å²) in [6, 6.07) is 0. The van der Waals surface area contributed by atoms with Gasteiger partial charge in [0.1, 0.15) is 0 Å². The third kappa shape index (κ3) is 5.07. The minimum absolute atomic E-state index is 0.0558. The van der Waals surface area contributed by atoms with E-state index < -0.39 is 0 Å². The summed E-state index contributed by atoms with van der Waals surface area (Å²) in [6.07, 6.45) is 2.17. The summed E-state index contributed by atoms with van der Waals surface area (Å²) in [5.74, 6) is 0.528. The quantitative estimate of drug-likeness (QED) is 0.764. The van der Waals surface area contributed by atoms with Gasteiger partial charge in [0.05, 0.1) is 33.0 Å². The van der Waals surface area contributed by atoms with Crippen molar-refractivity contribution in [2.24, 2.45) is 5.92 Å². The predicted molar refractivity (Wildman–Crippen MR) is 99.4 cm³/mol. The Kier molecular flexibility index (Phi) is 6.84. The van der Waals surface area contributed by atoms with E-state index in [0.29, 0.717) is 70.6 Å². The molecule has 0 saturated carbocycles. The average Bonchev–Trinajstić information content (AvgIpc) is 3.05. The van der Waals surface area contributed by atoms with Gasteiger partial charge in [-0.05, 0) is 12.3 Å². The molecule has 0 aromatic carbocycles. The Balaban J connectivity index is 1.64. The van der Waals surface area contributed by atoms with Crippen LogP contribution >= 0.6 is 0 Å². The Hall–Kier alpha value is -1.93. The summed E-state index contributed by atoms with van der Waals surface area (Å²) in [5.41, 5.74) is 2.43. The number of rotatable bonds is 7. The molecule has 2 amide bonds. The van der Waals surface area contributed by atoms with Crippen LogP contribution in [0.5, 0.6) is 0 Å². The predicted octanol–water partition coefficient (Wildman–Crippen LogP) is 0.981. The third-order valence-electron chi connectivity index (χ3n) is 4.99. The van der Waals surface area contributed by atoms with Crippen LogP contribution in [0.15, 0.2) is 0 Å². The largest absolute Gasteiger partial charge is 0.378 e. The van der Waals surface area contributed by atoms with Gasteiger partial charge in [0, 0.05) is 43.7 Å². The lowest BCUT2D eigenvalue weighted by atomic mass is 10.1.